The van der Waals surface area contributed by atoms with Crippen molar-refractivity contribution < 1.29 is 27.5 Å². The molecule has 0 aliphatic rings. The van der Waals surface area contributed by atoms with Gasteiger partial charge in [0.05, 0.1) is 18.6 Å². The topological polar surface area (TPSA) is 49.9 Å². The number of carbonyl (C=O) groups is 2. The lowest BCUT2D eigenvalue weighted by atomic mass is 10.1. The Morgan fingerprint density at radius 3 is 2.23 bits per heavy atom. The monoisotopic (exact) mass is 374 g/mol. The number of amides is 1. The highest BCUT2D eigenvalue weighted by molar-refractivity contribution is 5.94. The van der Waals surface area contributed by atoms with Crippen LogP contribution in [0.1, 0.15) is 31.1 Å². The Morgan fingerprint density at radius 1 is 1.08 bits per heavy atom. The molecule has 0 heterocycles. The summed E-state index contributed by atoms with van der Waals surface area (Å²) in [5.41, 5.74) is -0.569. The summed E-state index contributed by atoms with van der Waals surface area (Å²) in [5, 5.41) is 0. The number of benzene rings is 1. The van der Waals surface area contributed by atoms with Gasteiger partial charge in [-0.25, -0.2) is 13.2 Å². The average molecular weight is 374 g/mol. The quantitative estimate of drug-likeness (QED) is 0.493. The van der Waals surface area contributed by atoms with Crippen molar-refractivity contribution in [2.75, 3.05) is 39.8 Å². The van der Waals surface area contributed by atoms with E-state index in [9.17, 15) is 22.8 Å². The number of likely N-dealkylation sites (N-methyl/N-ethyl adjacent to an activating group) is 1. The number of methoxy groups -OCH3 is 1. The number of carbonyl (C=O) groups excluding carboxylic acids is 2. The molecule has 0 saturated carbocycles. The van der Waals surface area contributed by atoms with Gasteiger partial charge in [-0.1, -0.05) is 20.8 Å². The number of rotatable bonds is 9. The number of hydrogen-bond donors (Lipinski definition) is 0. The zero-order valence-electron chi connectivity index (χ0n) is 15.5. The lowest BCUT2D eigenvalue weighted by Gasteiger charge is -2.28. The fraction of sp³-hybridized carbons (Fsp3) is 0.556. The third-order valence-electron chi connectivity index (χ3n) is 4.23. The highest BCUT2D eigenvalue weighted by Gasteiger charge is 2.26. The van der Waals surface area contributed by atoms with E-state index < -0.39 is 40.8 Å². The number of halogens is 3. The Kier molecular flexibility index (Phi) is 8.57. The van der Waals surface area contributed by atoms with Crippen LogP contribution in [-0.4, -0.2) is 61.5 Å². The Hall–Kier alpha value is -2.09. The molecule has 5 nitrogen and oxygen atoms in total. The molecule has 0 radical (unpaired) electrons. The van der Waals surface area contributed by atoms with Gasteiger partial charge in [-0.3, -0.25) is 9.59 Å². The second kappa shape index (κ2) is 10.2. The van der Waals surface area contributed by atoms with E-state index in [1.54, 1.807) is 6.92 Å². The predicted molar refractivity (Wildman–Crippen MR) is 91.2 cm³/mol. The first kappa shape index (κ1) is 22.0. The summed E-state index contributed by atoms with van der Waals surface area (Å²) >= 11 is 0. The molecular formula is C18H25F3N2O3. The van der Waals surface area contributed by atoms with Crippen molar-refractivity contribution in [2.24, 2.45) is 5.92 Å². The van der Waals surface area contributed by atoms with E-state index in [4.69, 9.17) is 0 Å². The van der Waals surface area contributed by atoms with Crippen molar-refractivity contribution >= 4 is 11.9 Å². The van der Waals surface area contributed by atoms with Crippen LogP contribution in [0.2, 0.25) is 0 Å². The van der Waals surface area contributed by atoms with Gasteiger partial charge < -0.3 is 14.5 Å². The molecule has 1 aromatic carbocycles. The van der Waals surface area contributed by atoms with Crippen LogP contribution in [0.3, 0.4) is 0 Å². The van der Waals surface area contributed by atoms with Crippen LogP contribution in [-0.2, 0) is 9.53 Å². The molecule has 26 heavy (non-hydrogen) atoms. The fourth-order valence-electron chi connectivity index (χ4n) is 2.55. The van der Waals surface area contributed by atoms with E-state index in [0.29, 0.717) is 12.6 Å². The van der Waals surface area contributed by atoms with Crippen LogP contribution in [0, 0.1) is 23.4 Å². The summed E-state index contributed by atoms with van der Waals surface area (Å²) in [6, 6.07) is 1.61. The molecule has 0 saturated heterocycles. The van der Waals surface area contributed by atoms with Crippen LogP contribution in [0.5, 0.6) is 0 Å². The van der Waals surface area contributed by atoms with Crippen molar-refractivity contribution in [1.82, 2.24) is 9.80 Å². The molecule has 1 unspecified atom stereocenters. The van der Waals surface area contributed by atoms with Crippen LogP contribution in [0.4, 0.5) is 13.2 Å². The molecule has 0 N–H and O–H groups in total. The van der Waals surface area contributed by atoms with E-state index in [1.165, 1.54) is 12.0 Å². The molecule has 1 atom stereocenters. The van der Waals surface area contributed by atoms with Gasteiger partial charge in [0.2, 0.25) is 0 Å². The van der Waals surface area contributed by atoms with Gasteiger partial charge in [0.25, 0.3) is 5.91 Å². The van der Waals surface area contributed by atoms with Crippen molar-refractivity contribution in [2.45, 2.75) is 20.8 Å². The van der Waals surface area contributed by atoms with Crippen LogP contribution in [0.15, 0.2) is 12.1 Å². The highest BCUT2D eigenvalue weighted by atomic mass is 19.2. The average Bonchev–Trinajstić information content (AvgIpc) is 2.64. The molecule has 0 aromatic heterocycles. The Morgan fingerprint density at radius 2 is 1.69 bits per heavy atom. The largest absolute Gasteiger partial charge is 0.469 e. The van der Waals surface area contributed by atoms with Crippen molar-refractivity contribution in [3.8, 4) is 0 Å². The van der Waals surface area contributed by atoms with E-state index in [0.717, 1.165) is 19.2 Å². The molecule has 0 aliphatic heterocycles. The second-order valence-corrected chi connectivity index (χ2v) is 5.93. The molecule has 146 valence electrons. The number of ether oxygens (including phenoxy) is 1. The van der Waals surface area contributed by atoms with Crippen LogP contribution < -0.4 is 0 Å². The third-order valence-corrected chi connectivity index (χ3v) is 4.23. The van der Waals surface area contributed by atoms with Gasteiger partial charge >= 0.3 is 5.97 Å². The van der Waals surface area contributed by atoms with Crippen LogP contribution in [0.25, 0.3) is 0 Å². The highest BCUT2D eigenvalue weighted by Crippen LogP contribution is 2.18. The van der Waals surface area contributed by atoms with Crippen molar-refractivity contribution in [1.29, 1.82) is 0 Å². The van der Waals surface area contributed by atoms with Gasteiger partial charge in [0.1, 0.15) is 0 Å². The standard InChI is InChI=1S/C18H25F3N2O3/c1-5-22(6-2)9-10-23(11-12(3)18(25)26-4)17(24)13-7-8-14(19)16(21)15(13)20/h7-8,12H,5-6,9-11H2,1-4H3. The van der Waals surface area contributed by atoms with Crippen molar-refractivity contribution in [3.05, 3.63) is 35.1 Å². The first-order valence-electron chi connectivity index (χ1n) is 8.49. The minimum Gasteiger partial charge on any atom is -0.469 e. The summed E-state index contributed by atoms with van der Waals surface area (Å²) in [4.78, 5) is 27.7. The van der Waals surface area contributed by atoms with Crippen molar-refractivity contribution in [3.63, 3.8) is 0 Å². The molecule has 8 heteroatoms. The number of hydrogen-bond acceptors (Lipinski definition) is 4. The zero-order chi connectivity index (χ0) is 19.9. The lowest BCUT2D eigenvalue weighted by Crippen LogP contribution is -2.42. The Balaban J connectivity index is 3.07. The Bertz CT molecular complexity index is 636. The van der Waals surface area contributed by atoms with Gasteiger partial charge in [-0.15, -0.1) is 0 Å². The van der Waals surface area contributed by atoms with Gasteiger partial charge in [0.15, 0.2) is 17.5 Å². The van der Waals surface area contributed by atoms with Gasteiger partial charge in [-0.05, 0) is 25.2 Å². The summed E-state index contributed by atoms with van der Waals surface area (Å²) in [5.74, 6) is -6.56. The minimum absolute atomic E-state index is 0.0226. The summed E-state index contributed by atoms with van der Waals surface area (Å²) in [6.45, 7) is 7.69. The molecule has 1 amide bonds. The maximum atomic E-state index is 14.0. The van der Waals surface area contributed by atoms with Gasteiger partial charge in [0, 0.05) is 19.6 Å². The molecule has 0 fully saturated rings. The third kappa shape index (κ3) is 5.45. The number of nitrogens with zero attached hydrogens (tertiary/aromatic N) is 2. The predicted octanol–water partition coefficient (Wildman–Crippen LogP) is 2.70. The molecular weight excluding hydrogens is 349 g/mol. The first-order chi connectivity index (χ1) is 12.3. The summed E-state index contributed by atoms with van der Waals surface area (Å²) in [7, 11) is 1.23. The SMILES string of the molecule is CCN(CC)CCN(CC(C)C(=O)OC)C(=O)c1ccc(F)c(F)c1F. The first-order valence-corrected chi connectivity index (χ1v) is 8.49. The summed E-state index contributed by atoms with van der Waals surface area (Å²) in [6.07, 6.45) is 0. The number of esters is 1. The maximum Gasteiger partial charge on any atom is 0.310 e. The normalized spacial score (nSPS) is 12.2. The minimum atomic E-state index is -1.69. The molecule has 1 aromatic rings. The second-order valence-electron chi connectivity index (χ2n) is 5.93. The summed E-state index contributed by atoms with van der Waals surface area (Å²) < 4.78 is 45.3. The van der Waals surface area contributed by atoms with Gasteiger partial charge in [-0.2, -0.15) is 0 Å². The lowest BCUT2D eigenvalue weighted by molar-refractivity contribution is -0.145. The zero-order valence-corrected chi connectivity index (χ0v) is 15.5. The maximum absolute atomic E-state index is 14.0. The smallest absolute Gasteiger partial charge is 0.310 e. The molecule has 0 bridgehead atoms. The van der Waals surface area contributed by atoms with E-state index in [-0.39, 0.29) is 13.1 Å². The molecule has 0 spiro atoms. The van der Waals surface area contributed by atoms with E-state index >= 15 is 0 Å². The van der Waals surface area contributed by atoms with E-state index in [2.05, 4.69) is 4.74 Å². The molecule has 1 rings (SSSR count). The fourth-order valence-corrected chi connectivity index (χ4v) is 2.55. The molecule has 0 aliphatic carbocycles. The van der Waals surface area contributed by atoms with Crippen LogP contribution >= 0.6 is 0 Å². The Labute approximate surface area is 151 Å². The van der Waals surface area contributed by atoms with E-state index in [1.807, 2.05) is 18.7 Å².